The van der Waals surface area contributed by atoms with Gasteiger partial charge in [0.05, 0.1) is 31.7 Å². The van der Waals surface area contributed by atoms with E-state index < -0.39 is 0 Å². The van der Waals surface area contributed by atoms with Gasteiger partial charge in [0.25, 0.3) is 5.91 Å². The fourth-order valence-corrected chi connectivity index (χ4v) is 3.96. The molecule has 32 heavy (non-hydrogen) atoms. The molecule has 3 aromatic heterocycles. The number of ether oxygens (including phenoxy) is 2. The minimum atomic E-state index is -0.320. The highest BCUT2D eigenvalue weighted by Crippen LogP contribution is 2.27. The number of hydrogen-bond donors (Lipinski definition) is 1. The maximum absolute atomic E-state index is 13.2. The monoisotopic (exact) mass is 435 g/mol. The first kappa shape index (κ1) is 20.4. The summed E-state index contributed by atoms with van der Waals surface area (Å²) in [5.74, 6) is 1.10. The zero-order valence-corrected chi connectivity index (χ0v) is 17.9. The number of carbonyl (C=O) groups excluding carboxylic acids is 1. The highest BCUT2D eigenvalue weighted by atomic mass is 16.5. The average Bonchev–Trinajstić information content (AvgIpc) is 3.32. The van der Waals surface area contributed by atoms with Gasteiger partial charge < -0.3 is 24.3 Å². The Morgan fingerprint density at radius 1 is 1.19 bits per heavy atom. The Morgan fingerprint density at radius 3 is 2.94 bits per heavy atom. The van der Waals surface area contributed by atoms with Crippen LogP contribution in [0.25, 0.3) is 11.5 Å². The van der Waals surface area contributed by atoms with Crippen LogP contribution >= 0.6 is 0 Å². The molecule has 2 bridgehead atoms. The molecular weight excluding hydrogens is 410 g/mol. The van der Waals surface area contributed by atoms with Gasteiger partial charge in [-0.2, -0.15) is 0 Å². The Kier molecular flexibility index (Phi) is 5.68. The molecule has 2 aliphatic rings. The van der Waals surface area contributed by atoms with Crippen LogP contribution in [-0.2, 0) is 4.74 Å². The van der Waals surface area contributed by atoms with Crippen LogP contribution in [0.2, 0.25) is 0 Å². The lowest BCUT2D eigenvalue weighted by Gasteiger charge is -2.29. The standard InChI is InChI=1S/C22H25N7O3/c1-15-4-3-9-32-22-17(12-16(13-23-22)28-7-10-31-11-8-28)21(30)26-19-6-2-5-18(25-19)20-27-24-14-29(15)20/h2,5-6,12-15H,3-4,7-11H2,1H3,(H,25,26,30). The maximum atomic E-state index is 13.2. The molecule has 1 amide bonds. The number of anilines is 2. The molecule has 1 fully saturated rings. The van der Waals surface area contributed by atoms with Gasteiger partial charge in [0.2, 0.25) is 5.88 Å². The van der Waals surface area contributed by atoms with E-state index in [1.165, 1.54) is 0 Å². The van der Waals surface area contributed by atoms with Crippen LogP contribution in [0.3, 0.4) is 0 Å². The summed E-state index contributed by atoms with van der Waals surface area (Å²) in [4.78, 5) is 24.5. The van der Waals surface area contributed by atoms with E-state index in [1.807, 2.05) is 22.8 Å². The smallest absolute Gasteiger partial charge is 0.262 e. The summed E-state index contributed by atoms with van der Waals surface area (Å²) in [6.45, 7) is 5.38. The Hall–Kier alpha value is -3.53. The lowest BCUT2D eigenvalue weighted by molar-refractivity contribution is 0.102. The summed E-state index contributed by atoms with van der Waals surface area (Å²) in [6.07, 6.45) is 5.12. The highest BCUT2D eigenvalue weighted by Gasteiger charge is 2.21. The van der Waals surface area contributed by atoms with Crippen molar-refractivity contribution < 1.29 is 14.3 Å². The van der Waals surface area contributed by atoms with Crippen molar-refractivity contribution in [1.82, 2.24) is 24.7 Å². The molecule has 1 N–H and O–H groups in total. The van der Waals surface area contributed by atoms with Gasteiger partial charge in [0.15, 0.2) is 5.82 Å². The Morgan fingerprint density at radius 2 is 2.06 bits per heavy atom. The van der Waals surface area contributed by atoms with Crippen LogP contribution in [0.15, 0.2) is 36.8 Å². The van der Waals surface area contributed by atoms with Gasteiger partial charge in [-0.15, -0.1) is 10.2 Å². The number of pyridine rings is 2. The number of amides is 1. The third-order valence-electron chi connectivity index (χ3n) is 5.73. The number of hydrogen-bond acceptors (Lipinski definition) is 8. The molecule has 1 saturated heterocycles. The van der Waals surface area contributed by atoms with E-state index in [4.69, 9.17) is 9.47 Å². The number of aromatic nitrogens is 5. The first-order valence-electron chi connectivity index (χ1n) is 10.8. The second kappa shape index (κ2) is 8.91. The summed E-state index contributed by atoms with van der Waals surface area (Å²) >= 11 is 0. The molecule has 166 valence electrons. The van der Waals surface area contributed by atoms with E-state index in [-0.39, 0.29) is 11.9 Å². The van der Waals surface area contributed by atoms with Gasteiger partial charge in [-0.1, -0.05) is 6.07 Å². The molecule has 1 atom stereocenters. The van der Waals surface area contributed by atoms with Crippen molar-refractivity contribution in [2.75, 3.05) is 43.1 Å². The second-order valence-electron chi connectivity index (χ2n) is 7.91. The first-order chi connectivity index (χ1) is 15.7. The molecule has 0 saturated carbocycles. The van der Waals surface area contributed by atoms with Crippen LogP contribution in [0.4, 0.5) is 11.5 Å². The molecular formula is C22H25N7O3. The van der Waals surface area contributed by atoms with Crippen molar-refractivity contribution in [2.24, 2.45) is 0 Å². The summed E-state index contributed by atoms with van der Waals surface area (Å²) in [7, 11) is 0. The van der Waals surface area contributed by atoms with Crippen molar-refractivity contribution in [3.8, 4) is 17.4 Å². The predicted octanol–water partition coefficient (Wildman–Crippen LogP) is 2.56. The van der Waals surface area contributed by atoms with Crippen molar-refractivity contribution >= 4 is 17.4 Å². The highest BCUT2D eigenvalue weighted by molar-refractivity contribution is 6.06. The number of nitrogens with one attached hydrogen (secondary N) is 1. The van der Waals surface area contributed by atoms with E-state index in [0.717, 1.165) is 31.6 Å². The van der Waals surface area contributed by atoms with Crippen LogP contribution in [0, 0.1) is 0 Å². The van der Waals surface area contributed by atoms with Gasteiger partial charge in [0, 0.05) is 19.1 Å². The molecule has 0 aromatic carbocycles. The van der Waals surface area contributed by atoms with Crippen molar-refractivity contribution in [1.29, 1.82) is 0 Å². The largest absolute Gasteiger partial charge is 0.477 e. The molecule has 0 radical (unpaired) electrons. The molecule has 2 aliphatic heterocycles. The van der Waals surface area contributed by atoms with Crippen LogP contribution < -0.4 is 15.0 Å². The van der Waals surface area contributed by atoms with E-state index >= 15 is 0 Å². The first-order valence-corrected chi connectivity index (χ1v) is 10.8. The predicted molar refractivity (Wildman–Crippen MR) is 118 cm³/mol. The Bertz CT molecular complexity index is 1110. The van der Waals surface area contributed by atoms with Crippen molar-refractivity contribution in [2.45, 2.75) is 25.8 Å². The maximum Gasteiger partial charge on any atom is 0.262 e. The van der Waals surface area contributed by atoms with Gasteiger partial charge >= 0.3 is 0 Å². The van der Waals surface area contributed by atoms with Crippen LogP contribution in [0.1, 0.15) is 36.2 Å². The Labute approximate surface area is 185 Å². The van der Waals surface area contributed by atoms with Gasteiger partial charge in [0.1, 0.15) is 23.4 Å². The van der Waals surface area contributed by atoms with Gasteiger partial charge in [-0.05, 0) is 38.0 Å². The zero-order valence-electron chi connectivity index (χ0n) is 17.9. The van der Waals surface area contributed by atoms with Crippen molar-refractivity contribution in [3.63, 3.8) is 0 Å². The number of carbonyl (C=O) groups is 1. The SMILES string of the molecule is CC1CCCOc2ncc(N3CCOCC3)cc2C(=O)Nc2cccc(n2)-c2nncn21. The van der Waals surface area contributed by atoms with Crippen LogP contribution in [-0.4, -0.2) is 63.5 Å². The van der Waals surface area contributed by atoms with E-state index in [1.54, 1.807) is 18.6 Å². The normalized spacial score (nSPS) is 19.2. The molecule has 0 spiro atoms. The molecule has 5 rings (SSSR count). The number of fused-ring (bicyclic) bond motifs is 5. The van der Waals surface area contributed by atoms with E-state index in [9.17, 15) is 4.79 Å². The molecule has 3 aromatic rings. The van der Waals surface area contributed by atoms with E-state index in [2.05, 4.69) is 37.3 Å². The number of morpholine rings is 1. The zero-order chi connectivity index (χ0) is 21.9. The number of rotatable bonds is 1. The molecule has 10 nitrogen and oxygen atoms in total. The third-order valence-corrected chi connectivity index (χ3v) is 5.73. The molecule has 1 unspecified atom stereocenters. The minimum absolute atomic E-state index is 0.169. The summed E-state index contributed by atoms with van der Waals surface area (Å²) in [5.41, 5.74) is 1.91. The summed E-state index contributed by atoms with van der Waals surface area (Å²) < 4.78 is 13.4. The lowest BCUT2D eigenvalue weighted by Crippen LogP contribution is -2.36. The van der Waals surface area contributed by atoms with Crippen molar-refractivity contribution in [3.05, 3.63) is 42.4 Å². The summed E-state index contributed by atoms with van der Waals surface area (Å²) in [6, 6.07) is 7.45. The third kappa shape index (κ3) is 4.13. The minimum Gasteiger partial charge on any atom is -0.477 e. The topological polar surface area (TPSA) is 107 Å². The fraction of sp³-hybridized carbons (Fsp3) is 0.409. The molecule has 0 aliphatic carbocycles. The Balaban J connectivity index is 1.51. The number of nitrogens with zero attached hydrogens (tertiary/aromatic N) is 6. The average molecular weight is 435 g/mol. The second-order valence-corrected chi connectivity index (χ2v) is 7.91. The lowest BCUT2D eigenvalue weighted by atomic mass is 10.1. The molecule has 5 heterocycles. The van der Waals surface area contributed by atoms with Gasteiger partial charge in [-0.3, -0.25) is 4.79 Å². The van der Waals surface area contributed by atoms with Gasteiger partial charge in [-0.25, -0.2) is 9.97 Å². The fourth-order valence-electron chi connectivity index (χ4n) is 3.96. The molecule has 10 heteroatoms. The van der Waals surface area contributed by atoms with Crippen LogP contribution in [0.5, 0.6) is 5.88 Å². The summed E-state index contributed by atoms with van der Waals surface area (Å²) in [5, 5.41) is 11.2. The quantitative estimate of drug-likeness (QED) is 0.621. The van der Waals surface area contributed by atoms with E-state index in [0.29, 0.717) is 48.6 Å².